The van der Waals surface area contributed by atoms with Gasteiger partial charge in [0.05, 0.1) is 25.8 Å². The van der Waals surface area contributed by atoms with Crippen LogP contribution in [-0.4, -0.2) is 47.1 Å². The number of aliphatic carboxylic acids is 1. The van der Waals surface area contributed by atoms with E-state index in [4.69, 9.17) is 21.1 Å². The number of likely N-dealkylation sites (tertiary alicyclic amines) is 1. The molecule has 3 aromatic rings. The van der Waals surface area contributed by atoms with Crippen molar-refractivity contribution in [3.63, 3.8) is 0 Å². The molecule has 0 bridgehead atoms. The van der Waals surface area contributed by atoms with E-state index in [9.17, 15) is 14.7 Å². The number of hydrogen-bond donors (Lipinski definition) is 1. The quantitative estimate of drug-likeness (QED) is 0.558. The van der Waals surface area contributed by atoms with E-state index in [-0.39, 0.29) is 5.56 Å². The third-order valence-electron chi connectivity index (χ3n) is 5.85. The first-order valence-electron chi connectivity index (χ1n) is 10.4. The molecule has 1 fully saturated rings. The second-order valence-corrected chi connectivity index (χ2v) is 8.06. The minimum Gasteiger partial charge on any atom is -0.496 e. The number of methoxy groups -OCH3 is 2. The largest absolute Gasteiger partial charge is 0.496 e. The molecule has 1 unspecified atom stereocenters. The SMILES string of the molecule is COc1ccccc1-c1ncc(C(=O)N2C(c3ccccc3Cl)CC[C@H]2C(=O)O)cc1OC. The average molecular weight is 467 g/mol. The molecular weight excluding hydrogens is 444 g/mol. The van der Waals surface area contributed by atoms with Crippen molar-refractivity contribution in [2.45, 2.75) is 24.9 Å². The van der Waals surface area contributed by atoms with Crippen LogP contribution in [0.25, 0.3) is 11.3 Å². The van der Waals surface area contributed by atoms with Crippen LogP contribution >= 0.6 is 11.6 Å². The molecule has 7 nitrogen and oxygen atoms in total. The number of carbonyl (C=O) groups excluding carboxylic acids is 1. The molecule has 4 rings (SSSR count). The van der Waals surface area contributed by atoms with Crippen molar-refractivity contribution < 1.29 is 24.2 Å². The molecule has 1 amide bonds. The summed E-state index contributed by atoms with van der Waals surface area (Å²) in [4.78, 5) is 31.4. The lowest BCUT2D eigenvalue weighted by Gasteiger charge is -2.29. The summed E-state index contributed by atoms with van der Waals surface area (Å²) in [5.41, 5.74) is 2.19. The van der Waals surface area contributed by atoms with Gasteiger partial charge in [0, 0.05) is 16.8 Å². The molecule has 1 saturated heterocycles. The summed E-state index contributed by atoms with van der Waals surface area (Å²) in [7, 11) is 3.06. The second-order valence-electron chi connectivity index (χ2n) is 7.66. The fraction of sp³-hybridized carbons (Fsp3) is 0.240. The zero-order chi connectivity index (χ0) is 23.5. The second kappa shape index (κ2) is 9.50. The zero-order valence-electron chi connectivity index (χ0n) is 18.2. The van der Waals surface area contributed by atoms with Gasteiger partial charge in [-0.1, -0.05) is 41.9 Å². The first-order chi connectivity index (χ1) is 16.0. The van der Waals surface area contributed by atoms with E-state index < -0.39 is 24.0 Å². The number of carboxylic acids is 1. The van der Waals surface area contributed by atoms with Crippen LogP contribution in [0.15, 0.2) is 60.8 Å². The predicted molar refractivity (Wildman–Crippen MR) is 124 cm³/mol. The highest BCUT2D eigenvalue weighted by atomic mass is 35.5. The van der Waals surface area contributed by atoms with Crippen LogP contribution in [0.5, 0.6) is 11.5 Å². The Morgan fingerprint density at radius 3 is 2.42 bits per heavy atom. The third-order valence-corrected chi connectivity index (χ3v) is 6.19. The Morgan fingerprint density at radius 1 is 1.03 bits per heavy atom. The summed E-state index contributed by atoms with van der Waals surface area (Å²) in [6.45, 7) is 0. The van der Waals surface area contributed by atoms with E-state index in [1.807, 2.05) is 36.4 Å². The predicted octanol–water partition coefficient (Wildman–Crippen LogP) is 4.85. The summed E-state index contributed by atoms with van der Waals surface area (Å²) in [6, 6.07) is 14.7. The lowest BCUT2D eigenvalue weighted by molar-refractivity contribution is -0.141. The number of halogens is 1. The molecule has 1 aliphatic rings. The summed E-state index contributed by atoms with van der Waals surface area (Å²) < 4.78 is 11.0. The van der Waals surface area contributed by atoms with Gasteiger partial charge < -0.3 is 19.5 Å². The van der Waals surface area contributed by atoms with Gasteiger partial charge in [-0.15, -0.1) is 0 Å². The smallest absolute Gasteiger partial charge is 0.326 e. The summed E-state index contributed by atoms with van der Waals surface area (Å²) in [5.74, 6) is -0.497. The number of pyridine rings is 1. The van der Waals surface area contributed by atoms with E-state index in [0.29, 0.717) is 35.1 Å². The highest BCUT2D eigenvalue weighted by Crippen LogP contribution is 2.41. The van der Waals surface area contributed by atoms with Crippen molar-refractivity contribution in [3.05, 3.63) is 76.9 Å². The Hall–Kier alpha value is -3.58. The molecule has 1 N–H and O–H groups in total. The fourth-order valence-electron chi connectivity index (χ4n) is 4.30. The molecule has 8 heteroatoms. The first-order valence-corrected chi connectivity index (χ1v) is 10.8. The molecule has 1 aromatic heterocycles. The fourth-order valence-corrected chi connectivity index (χ4v) is 4.56. The van der Waals surface area contributed by atoms with Crippen molar-refractivity contribution in [2.24, 2.45) is 0 Å². The Labute approximate surface area is 196 Å². The molecule has 2 heterocycles. The average Bonchev–Trinajstić information content (AvgIpc) is 3.28. The Balaban J connectivity index is 1.75. The van der Waals surface area contributed by atoms with Crippen LogP contribution < -0.4 is 9.47 Å². The number of carboxylic acid groups (broad SMARTS) is 1. The summed E-state index contributed by atoms with van der Waals surface area (Å²) in [6.07, 6.45) is 2.27. The van der Waals surface area contributed by atoms with Gasteiger partial charge in [-0.25, -0.2) is 4.79 Å². The van der Waals surface area contributed by atoms with Crippen LogP contribution in [0.4, 0.5) is 0 Å². The highest BCUT2D eigenvalue weighted by molar-refractivity contribution is 6.31. The van der Waals surface area contributed by atoms with Crippen molar-refractivity contribution in [3.8, 4) is 22.8 Å². The summed E-state index contributed by atoms with van der Waals surface area (Å²) >= 11 is 6.38. The van der Waals surface area contributed by atoms with Gasteiger partial charge in [0.2, 0.25) is 0 Å². The number of benzene rings is 2. The van der Waals surface area contributed by atoms with Gasteiger partial charge in [0.15, 0.2) is 0 Å². The first kappa shape index (κ1) is 22.6. The molecule has 0 spiro atoms. The maximum absolute atomic E-state index is 13.6. The summed E-state index contributed by atoms with van der Waals surface area (Å²) in [5, 5.41) is 10.3. The minimum absolute atomic E-state index is 0.232. The van der Waals surface area contributed by atoms with Crippen molar-refractivity contribution in [1.29, 1.82) is 0 Å². The van der Waals surface area contributed by atoms with Gasteiger partial charge >= 0.3 is 5.97 Å². The molecule has 170 valence electrons. The van der Waals surface area contributed by atoms with Crippen molar-refractivity contribution in [1.82, 2.24) is 9.88 Å². The molecular formula is C25H23ClN2O5. The maximum atomic E-state index is 13.6. The van der Waals surface area contributed by atoms with Gasteiger partial charge in [-0.05, 0) is 42.7 Å². The molecule has 0 radical (unpaired) electrons. The lowest BCUT2D eigenvalue weighted by Crippen LogP contribution is -2.42. The van der Waals surface area contributed by atoms with Crippen molar-refractivity contribution in [2.75, 3.05) is 14.2 Å². The molecule has 2 aromatic carbocycles. The van der Waals surface area contributed by atoms with Crippen LogP contribution in [0.2, 0.25) is 5.02 Å². The number of carbonyl (C=O) groups is 2. The van der Waals surface area contributed by atoms with Crippen LogP contribution in [0, 0.1) is 0 Å². The number of ether oxygens (including phenoxy) is 2. The standard InChI is InChI=1S/C25H23ClN2O5/c1-32-21-10-6-4-8-17(21)23-22(33-2)13-15(14-27-23)24(29)28-19(11-12-20(28)25(30)31)16-7-3-5-9-18(16)26/h3-10,13-14,19-20H,11-12H2,1-2H3,(H,30,31)/t19?,20-/m0/s1. The number of hydrogen-bond acceptors (Lipinski definition) is 5. The van der Waals surface area contributed by atoms with Gasteiger partial charge in [-0.2, -0.15) is 0 Å². The van der Waals surface area contributed by atoms with Crippen LogP contribution in [0.3, 0.4) is 0 Å². The number of para-hydroxylation sites is 1. The molecule has 1 aliphatic heterocycles. The Bertz CT molecular complexity index is 1200. The zero-order valence-corrected chi connectivity index (χ0v) is 19.0. The van der Waals surface area contributed by atoms with Crippen LogP contribution in [0.1, 0.15) is 34.8 Å². The Morgan fingerprint density at radius 2 is 1.73 bits per heavy atom. The molecule has 2 atom stereocenters. The van der Waals surface area contributed by atoms with Gasteiger partial charge in [0.25, 0.3) is 5.91 Å². The number of rotatable bonds is 6. The highest BCUT2D eigenvalue weighted by Gasteiger charge is 2.42. The topological polar surface area (TPSA) is 89.0 Å². The molecule has 0 aliphatic carbocycles. The van der Waals surface area contributed by atoms with Gasteiger partial charge in [-0.3, -0.25) is 9.78 Å². The van der Waals surface area contributed by atoms with E-state index in [1.54, 1.807) is 25.3 Å². The normalized spacial score (nSPS) is 17.6. The Kier molecular flexibility index (Phi) is 6.51. The van der Waals surface area contributed by atoms with E-state index in [0.717, 1.165) is 11.1 Å². The van der Waals surface area contributed by atoms with E-state index in [1.165, 1.54) is 18.2 Å². The number of aromatic nitrogens is 1. The van der Waals surface area contributed by atoms with E-state index in [2.05, 4.69) is 4.98 Å². The number of amides is 1. The molecule has 33 heavy (non-hydrogen) atoms. The van der Waals surface area contributed by atoms with Gasteiger partial charge in [0.1, 0.15) is 23.2 Å². The number of nitrogens with zero attached hydrogens (tertiary/aromatic N) is 2. The monoisotopic (exact) mass is 466 g/mol. The minimum atomic E-state index is -1.05. The lowest BCUT2D eigenvalue weighted by atomic mass is 10.0. The third kappa shape index (κ3) is 4.24. The van der Waals surface area contributed by atoms with E-state index >= 15 is 0 Å². The van der Waals surface area contributed by atoms with Crippen molar-refractivity contribution >= 4 is 23.5 Å². The van der Waals surface area contributed by atoms with Crippen LogP contribution in [-0.2, 0) is 4.79 Å². The maximum Gasteiger partial charge on any atom is 0.326 e. The molecule has 0 saturated carbocycles.